The van der Waals surface area contributed by atoms with Crippen LogP contribution in [-0.2, 0) is 9.53 Å². The van der Waals surface area contributed by atoms with Crippen molar-refractivity contribution >= 4 is 17.5 Å². The number of aromatic hydroxyl groups is 1. The van der Waals surface area contributed by atoms with E-state index in [-0.39, 0.29) is 17.6 Å². The first-order valence-corrected chi connectivity index (χ1v) is 10.6. The van der Waals surface area contributed by atoms with Gasteiger partial charge in [-0.1, -0.05) is 49.6 Å². The lowest BCUT2D eigenvalue weighted by Gasteiger charge is -2.53. The molecule has 0 unspecified atom stereocenters. The zero-order valence-electron chi connectivity index (χ0n) is 17.3. The molecule has 2 aromatic carbocycles. The Morgan fingerprint density at radius 3 is 2.57 bits per heavy atom. The molecule has 1 heterocycles. The van der Waals surface area contributed by atoms with E-state index in [2.05, 4.69) is 5.32 Å². The Morgan fingerprint density at radius 1 is 1.13 bits per heavy atom. The van der Waals surface area contributed by atoms with Gasteiger partial charge >= 0.3 is 0 Å². The lowest BCUT2D eigenvalue weighted by atomic mass is 9.65. The van der Waals surface area contributed by atoms with Gasteiger partial charge in [-0.2, -0.15) is 0 Å². The van der Waals surface area contributed by atoms with Gasteiger partial charge in [-0.15, -0.1) is 0 Å². The molecule has 2 aromatic rings. The number of phenolic OH excluding ortho intramolecular Hbond substituents is 1. The summed E-state index contributed by atoms with van der Waals surface area (Å²) in [7, 11) is 1.62. The molecule has 158 valence electrons. The molecule has 4 rings (SSSR count). The highest BCUT2D eigenvalue weighted by Gasteiger charge is 2.54. The van der Waals surface area contributed by atoms with E-state index in [1.807, 2.05) is 23.1 Å². The van der Waals surface area contributed by atoms with Crippen LogP contribution >= 0.6 is 0 Å². The number of amides is 2. The number of carbonyl (C=O) groups excluding carboxylic acids is 2. The van der Waals surface area contributed by atoms with Crippen molar-refractivity contribution in [3.63, 3.8) is 0 Å². The summed E-state index contributed by atoms with van der Waals surface area (Å²) >= 11 is 0. The van der Waals surface area contributed by atoms with Gasteiger partial charge < -0.3 is 20.1 Å². The number of anilines is 1. The fourth-order valence-electron chi connectivity index (χ4n) is 5.14. The molecule has 0 aromatic heterocycles. The summed E-state index contributed by atoms with van der Waals surface area (Å²) in [4.78, 5) is 29.0. The number of nitrogens with zero attached hydrogens (tertiary/aromatic N) is 1. The number of nitrogens with one attached hydrogen (secondary N) is 1. The third-order valence-corrected chi connectivity index (χ3v) is 6.48. The van der Waals surface area contributed by atoms with E-state index in [4.69, 9.17) is 4.74 Å². The van der Waals surface area contributed by atoms with Crippen molar-refractivity contribution in [1.29, 1.82) is 0 Å². The smallest absolute Gasteiger partial charge is 0.254 e. The molecule has 2 N–H and O–H groups in total. The number of phenols is 1. The number of rotatable bonds is 5. The van der Waals surface area contributed by atoms with Crippen molar-refractivity contribution in [2.75, 3.05) is 25.6 Å². The van der Waals surface area contributed by atoms with Crippen molar-refractivity contribution in [2.24, 2.45) is 0 Å². The molecule has 1 saturated carbocycles. The van der Waals surface area contributed by atoms with Gasteiger partial charge in [0.25, 0.3) is 5.91 Å². The fourth-order valence-corrected chi connectivity index (χ4v) is 5.14. The molecule has 30 heavy (non-hydrogen) atoms. The number of carbonyl (C=O) groups is 2. The molecule has 1 spiro atoms. The highest BCUT2D eigenvalue weighted by molar-refractivity contribution is 6.05. The fraction of sp³-hybridized carbons (Fsp3) is 0.417. The Bertz CT molecular complexity index is 936. The monoisotopic (exact) mass is 408 g/mol. The predicted molar refractivity (Wildman–Crippen MR) is 115 cm³/mol. The number of hydrogen-bond acceptors (Lipinski definition) is 4. The van der Waals surface area contributed by atoms with Crippen LogP contribution in [0.3, 0.4) is 0 Å². The van der Waals surface area contributed by atoms with Crippen LogP contribution in [0.2, 0.25) is 0 Å². The van der Waals surface area contributed by atoms with Gasteiger partial charge in [0.15, 0.2) is 0 Å². The summed E-state index contributed by atoms with van der Waals surface area (Å²) in [5, 5.41) is 13.1. The third kappa shape index (κ3) is 3.45. The first-order chi connectivity index (χ1) is 14.6. The average Bonchev–Trinajstić information content (AvgIpc) is 2.76. The second kappa shape index (κ2) is 8.48. The number of para-hydroxylation sites is 2. The number of ether oxygens (including phenoxy) is 1. The van der Waals surface area contributed by atoms with Crippen molar-refractivity contribution in [3.05, 3.63) is 59.7 Å². The van der Waals surface area contributed by atoms with Crippen LogP contribution in [0.5, 0.6) is 5.75 Å². The van der Waals surface area contributed by atoms with Gasteiger partial charge in [0.1, 0.15) is 5.75 Å². The summed E-state index contributed by atoms with van der Waals surface area (Å²) in [6, 6.07) is 14.1. The maximum Gasteiger partial charge on any atom is 0.254 e. The normalized spacial score (nSPS) is 20.1. The van der Waals surface area contributed by atoms with Crippen molar-refractivity contribution in [2.45, 2.75) is 43.6 Å². The maximum absolute atomic E-state index is 13.7. The van der Waals surface area contributed by atoms with Crippen LogP contribution in [0.4, 0.5) is 5.69 Å². The largest absolute Gasteiger partial charge is 0.506 e. The molecular formula is C24H28N2O4. The zero-order chi connectivity index (χ0) is 21.1. The van der Waals surface area contributed by atoms with Gasteiger partial charge in [0.05, 0.1) is 23.8 Å². The minimum atomic E-state index is -0.587. The number of fused-ring (bicyclic) bond motifs is 1. The van der Waals surface area contributed by atoms with Crippen LogP contribution in [-0.4, -0.2) is 47.6 Å². The van der Waals surface area contributed by atoms with E-state index in [9.17, 15) is 14.7 Å². The van der Waals surface area contributed by atoms with Gasteiger partial charge in [0.2, 0.25) is 5.91 Å². The number of hydrogen-bond donors (Lipinski definition) is 2. The van der Waals surface area contributed by atoms with Crippen LogP contribution < -0.4 is 5.32 Å². The molecule has 0 radical (unpaired) electrons. The molecule has 2 aliphatic rings. The minimum absolute atomic E-state index is 0.0277. The Kier molecular flexibility index (Phi) is 5.77. The lowest BCUT2D eigenvalue weighted by Crippen LogP contribution is -2.62. The molecule has 1 aliphatic heterocycles. The SMILES string of the molecule is COCCN1C(=O)c2ccccc2[C@@H](C(=O)Nc2ccccc2O)C12CCCCC2. The third-order valence-electron chi connectivity index (χ3n) is 6.48. The molecule has 1 fully saturated rings. The number of benzene rings is 2. The molecule has 0 saturated heterocycles. The summed E-state index contributed by atoms with van der Waals surface area (Å²) in [5.41, 5.74) is 1.14. The first-order valence-electron chi connectivity index (χ1n) is 10.6. The van der Waals surface area contributed by atoms with Crippen LogP contribution in [0, 0.1) is 0 Å². The van der Waals surface area contributed by atoms with Gasteiger partial charge in [-0.25, -0.2) is 0 Å². The highest BCUT2D eigenvalue weighted by Crippen LogP contribution is 2.49. The molecule has 1 aliphatic carbocycles. The number of methoxy groups -OCH3 is 1. The molecule has 2 amide bonds. The maximum atomic E-state index is 13.7. The molecule has 1 atom stereocenters. The lowest BCUT2D eigenvalue weighted by molar-refractivity contribution is -0.122. The van der Waals surface area contributed by atoms with E-state index in [0.29, 0.717) is 24.4 Å². The second-order valence-electron chi connectivity index (χ2n) is 8.14. The topological polar surface area (TPSA) is 78.9 Å². The van der Waals surface area contributed by atoms with Crippen LogP contribution in [0.15, 0.2) is 48.5 Å². The van der Waals surface area contributed by atoms with Gasteiger partial charge in [0, 0.05) is 19.2 Å². The molecule has 6 nitrogen and oxygen atoms in total. The van der Waals surface area contributed by atoms with E-state index in [1.165, 1.54) is 0 Å². The quantitative estimate of drug-likeness (QED) is 0.735. The summed E-state index contributed by atoms with van der Waals surface area (Å²) < 4.78 is 5.29. The summed E-state index contributed by atoms with van der Waals surface area (Å²) in [5.74, 6) is -0.708. The Labute approximate surface area is 176 Å². The van der Waals surface area contributed by atoms with Gasteiger partial charge in [-0.3, -0.25) is 9.59 Å². The van der Waals surface area contributed by atoms with Crippen LogP contribution in [0.25, 0.3) is 0 Å². The Balaban J connectivity index is 1.81. The second-order valence-corrected chi connectivity index (χ2v) is 8.14. The van der Waals surface area contributed by atoms with Crippen molar-refractivity contribution < 1.29 is 19.4 Å². The van der Waals surface area contributed by atoms with E-state index in [1.54, 1.807) is 37.4 Å². The van der Waals surface area contributed by atoms with E-state index in [0.717, 1.165) is 37.7 Å². The summed E-state index contributed by atoms with van der Waals surface area (Å²) in [6.07, 6.45) is 4.59. The predicted octanol–water partition coefficient (Wildman–Crippen LogP) is 3.92. The van der Waals surface area contributed by atoms with Crippen LogP contribution in [0.1, 0.15) is 53.9 Å². The molecular weight excluding hydrogens is 380 g/mol. The Morgan fingerprint density at radius 2 is 1.83 bits per heavy atom. The summed E-state index contributed by atoms with van der Waals surface area (Å²) in [6.45, 7) is 0.869. The van der Waals surface area contributed by atoms with E-state index >= 15 is 0 Å². The molecule has 0 bridgehead atoms. The molecule has 6 heteroatoms. The zero-order valence-corrected chi connectivity index (χ0v) is 17.3. The average molecular weight is 408 g/mol. The van der Waals surface area contributed by atoms with Gasteiger partial charge in [-0.05, 0) is 36.6 Å². The van der Waals surface area contributed by atoms with E-state index < -0.39 is 11.5 Å². The standard InChI is InChI=1S/C24H28N2O4/c1-30-16-15-26-23(29)18-10-4-3-9-17(18)21(24(26)13-7-2-8-14-24)22(28)25-19-11-5-6-12-20(19)27/h3-6,9-12,21,27H,2,7-8,13-16H2,1H3,(H,25,28)/t21-/m0/s1. The van der Waals surface area contributed by atoms with Crippen molar-refractivity contribution in [3.8, 4) is 5.75 Å². The Hall–Kier alpha value is -2.86. The first kappa shape index (κ1) is 20.4. The minimum Gasteiger partial charge on any atom is -0.506 e. The highest BCUT2D eigenvalue weighted by atomic mass is 16.5. The van der Waals surface area contributed by atoms with Crippen molar-refractivity contribution in [1.82, 2.24) is 4.90 Å².